The Morgan fingerprint density at radius 3 is 2.64 bits per heavy atom. The maximum Gasteiger partial charge on any atom is 0.328 e. The lowest BCUT2D eigenvalue weighted by molar-refractivity contribution is -0.142. The second-order valence-electron chi connectivity index (χ2n) is 4.88. The highest BCUT2D eigenvalue weighted by atomic mass is 16.5. The molecule has 0 aliphatic carbocycles. The van der Waals surface area contributed by atoms with Gasteiger partial charge < -0.3 is 10.1 Å². The number of rotatable bonds is 4. The van der Waals surface area contributed by atoms with Crippen molar-refractivity contribution in [1.29, 1.82) is 0 Å². The topological polar surface area (TPSA) is 99.0 Å². The number of carbonyl (C=O) groups excluding carboxylic acids is 2. The van der Waals surface area contributed by atoms with Crippen molar-refractivity contribution in [3.05, 3.63) is 35.2 Å². The minimum atomic E-state index is -0.749. The van der Waals surface area contributed by atoms with Crippen LogP contribution in [0, 0.1) is 13.8 Å². The van der Waals surface area contributed by atoms with Crippen LogP contribution >= 0.6 is 0 Å². The lowest BCUT2D eigenvalue weighted by Crippen LogP contribution is -2.39. The Morgan fingerprint density at radius 2 is 2.05 bits per heavy atom. The maximum absolute atomic E-state index is 12.5. The third-order valence-corrected chi connectivity index (χ3v) is 3.43. The second-order valence-corrected chi connectivity index (χ2v) is 4.88. The van der Waals surface area contributed by atoms with Gasteiger partial charge in [0.2, 0.25) is 0 Å². The molecule has 0 saturated carbocycles. The first-order valence-corrected chi connectivity index (χ1v) is 6.68. The molecular formula is C14H17N5O3. The SMILES string of the molecule is COC(=O)[C@H](C)NC(=O)c1ccc(C)c(C)c1-n1cnnn1. The molecule has 1 aromatic carbocycles. The standard InChI is InChI=1S/C14H17N5O3/c1-8-5-6-11(13(20)16-10(3)14(21)22-4)12(9(8)2)19-7-15-17-18-19/h5-7,10H,1-4H3,(H,16,20)/t10-/m0/s1. The monoisotopic (exact) mass is 303 g/mol. The molecule has 0 unspecified atom stereocenters. The highest BCUT2D eigenvalue weighted by Crippen LogP contribution is 2.21. The Bertz CT molecular complexity index is 697. The van der Waals surface area contributed by atoms with Gasteiger partial charge in [0.1, 0.15) is 12.4 Å². The van der Waals surface area contributed by atoms with Gasteiger partial charge in [-0.15, -0.1) is 5.10 Å². The molecule has 116 valence electrons. The van der Waals surface area contributed by atoms with Gasteiger partial charge in [-0.2, -0.15) is 4.68 Å². The number of aryl methyl sites for hydroxylation is 1. The largest absolute Gasteiger partial charge is 0.467 e. The van der Waals surface area contributed by atoms with E-state index in [9.17, 15) is 9.59 Å². The van der Waals surface area contributed by atoms with Crippen molar-refractivity contribution in [3.8, 4) is 5.69 Å². The Balaban J connectivity index is 2.41. The zero-order chi connectivity index (χ0) is 16.3. The Morgan fingerprint density at radius 1 is 1.32 bits per heavy atom. The van der Waals surface area contributed by atoms with Crippen LogP contribution < -0.4 is 5.32 Å². The predicted molar refractivity (Wildman–Crippen MR) is 77.6 cm³/mol. The van der Waals surface area contributed by atoms with E-state index in [2.05, 4.69) is 25.6 Å². The molecule has 8 heteroatoms. The summed E-state index contributed by atoms with van der Waals surface area (Å²) in [6.45, 7) is 5.37. The average Bonchev–Trinajstić information content (AvgIpc) is 3.02. The number of methoxy groups -OCH3 is 1. The first kappa shape index (κ1) is 15.6. The van der Waals surface area contributed by atoms with Gasteiger partial charge in [-0.25, -0.2) is 4.79 Å². The van der Waals surface area contributed by atoms with Crippen LogP contribution in [0.5, 0.6) is 0 Å². The summed E-state index contributed by atoms with van der Waals surface area (Å²) in [6, 6.07) is 2.76. The number of carbonyl (C=O) groups is 2. The smallest absolute Gasteiger partial charge is 0.328 e. The minimum absolute atomic E-state index is 0.381. The molecule has 0 spiro atoms. The number of amides is 1. The lowest BCUT2D eigenvalue weighted by atomic mass is 10.0. The fraction of sp³-hybridized carbons (Fsp3) is 0.357. The number of benzene rings is 1. The fourth-order valence-electron chi connectivity index (χ4n) is 2.05. The zero-order valence-electron chi connectivity index (χ0n) is 12.8. The Hall–Kier alpha value is -2.77. The first-order valence-electron chi connectivity index (χ1n) is 6.68. The first-order chi connectivity index (χ1) is 10.5. The number of ether oxygens (including phenoxy) is 1. The number of hydrogen-bond donors (Lipinski definition) is 1. The van der Waals surface area contributed by atoms with Crippen LogP contribution in [-0.4, -0.2) is 45.2 Å². The number of aromatic nitrogens is 4. The molecular weight excluding hydrogens is 286 g/mol. The third kappa shape index (κ3) is 2.95. The van der Waals surface area contributed by atoms with Crippen molar-refractivity contribution < 1.29 is 14.3 Å². The van der Waals surface area contributed by atoms with E-state index in [-0.39, 0.29) is 0 Å². The van der Waals surface area contributed by atoms with Gasteiger partial charge in [0, 0.05) is 0 Å². The van der Waals surface area contributed by atoms with E-state index in [1.165, 1.54) is 18.1 Å². The molecule has 0 aliphatic rings. The van der Waals surface area contributed by atoms with Crippen LogP contribution in [0.25, 0.3) is 5.69 Å². The molecule has 2 rings (SSSR count). The predicted octanol–water partition coefficient (Wildman–Crippen LogP) is 0.570. The van der Waals surface area contributed by atoms with Crippen molar-refractivity contribution in [2.45, 2.75) is 26.8 Å². The molecule has 1 aromatic heterocycles. The van der Waals surface area contributed by atoms with Crippen LogP contribution in [0.4, 0.5) is 0 Å². The van der Waals surface area contributed by atoms with Crippen molar-refractivity contribution >= 4 is 11.9 Å². The number of tetrazole rings is 1. The highest BCUT2D eigenvalue weighted by molar-refractivity contribution is 6.00. The zero-order valence-corrected chi connectivity index (χ0v) is 12.8. The van der Waals surface area contributed by atoms with Crippen molar-refractivity contribution in [3.63, 3.8) is 0 Å². The summed E-state index contributed by atoms with van der Waals surface area (Å²) in [5.74, 6) is -0.910. The minimum Gasteiger partial charge on any atom is -0.467 e. The quantitative estimate of drug-likeness (QED) is 0.829. The van der Waals surface area contributed by atoms with Crippen LogP contribution in [0.3, 0.4) is 0 Å². The summed E-state index contributed by atoms with van der Waals surface area (Å²) in [6.07, 6.45) is 1.42. The third-order valence-electron chi connectivity index (χ3n) is 3.43. The Kier molecular flexibility index (Phi) is 4.50. The molecule has 8 nitrogen and oxygen atoms in total. The average molecular weight is 303 g/mol. The molecule has 0 radical (unpaired) electrons. The molecule has 1 heterocycles. The van der Waals surface area contributed by atoms with Crippen LogP contribution in [0.1, 0.15) is 28.4 Å². The van der Waals surface area contributed by atoms with Gasteiger partial charge in [-0.1, -0.05) is 6.07 Å². The summed E-state index contributed by atoms with van der Waals surface area (Å²) < 4.78 is 6.03. The maximum atomic E-state index is 12.5. The highest BCUT2D eigenvalue weighted by Gasteiger charge is 2.21. The number of esters is 1. The van der Waals surface area contributed by atoms with E-state index in [0.29, 0.717) is 11.3 Å². The van der Waals surface area contributed by atoms with Crippen LogP contribution in [-0.2, 0) is 9.53 Å². The molecule has 0 aliphatic heterocycles. The van der Waals surface area contributed by atoms with Gasteiger partial charge in [-0.3, -0.25) is 4.79 Å². The Labute approximate surface area is 127 Å². The van der Waals surface area contributed by atoms with Gasteiger partial charge in [0.05, 0.1) is 18.4 Å². The van der Waals surface area contributed by atoms with E-state index in [1.54, 1.807) is 13.0 Å². The van der Waals surface area contributed by atoms with Crippen LogP contribution in [0.15, 0.2) is 18.5 Å². The lowest BCUT2D eigenvalue weighted by Gasteiger charge is -2.16. The number of nitrogens with one attached hydrogen (secondary N) is 1. The summed E-state index contributed by atoms with van der Waals surface area (Å²) >= 11 is 0. The molecule has 0 fully saturated rings. The molecule has 0 bridgehead atoms. The van der Waals surface area contributed by atoms with E-state index >= 15 is 0 Å². The van der Waals surface area contributed by atoms with Gasteiger partial charge in [-0.05, 0) is 48.4 Å². The van der Waals surface area contributed by atoms with Crippen molar-refractivity contribution in [1.82, 2.24) is 25.5 Å². The molecule has 1 atom stereocenters. The van der Waals surface area contributed by atoms with E-state index in [1.807, 2.05) is 19.9 Å². The molecule has 1 amide bonds. The number of nitrogens with zero attached hydrogens (tertiary/aromatic N) is 4. The summed E-state index contributed by atoms with van der Waals surface area (Å²) in [7, 11) is 1.27. The molecule has 1 N–H and O–H groups in total. The summed E-state index contributed by atoms with van der Waals surface area (Å²) in [5, 5.41) is 13.6. The van der Waals surface area contributed by atoms with E-state index < -0.39 is 17.9 Å². The van der Waals surface area contributed by atoms with Gasteiger partial charge in [0.15, 0.2) is 0 Å². The van der Waals surface area contributed by atoms with E-state index in [4.69, 9.17) is 0 Å². The van der Waals surface area contributed by atoms with Gasteiger partial charge in [0.25, 0.3) is 5.91 Å². The molecule has 0 saturated heterocycles. The van der Waals surface area contributed by atoms with Crippen molar-refractivity contribution in [2.75, 3.05) is 7.11 Å². The fourth-order valence-corrected chi connectivity index (χ4v) is 2.05. The summed E-state index contributed by atoms with van der Waals surface area (Å²) in [5.41, 5.74) is 2.85. The van der Waals surface area contributed by atoms with Crippen LogP contribution in [0.2, 0.25) is 0 Å². The molecule has 22 heavy (non-hydrogen) atoms. The van der Waals surface area contributed by atoms with E-state index in [0.717, 1.165) is 11.1 Å². The van der Waals surface area contributed by atoms with Crippen molar-refractivity contribution in [2.24, 2.45) is 0 Å². The number of hydrogen-bond acceptors (Lipinski definition) is 6. The van der Waals surface area contributed by atoms with Gasteiger partial charge >= 0.3 is 5.97 Å². The molecule has 2 aromatic rings. The normalized spacial score (nSPS) is 11.8. The summed E-state index contributed by atoms with van der Waals surface area (Å²) in [4.78, 5) is 23.9. The second kappa shape index (κ2) is 6.33.